The molecule has 1 heterocycles. The fourth-order valence-corrected chi connectivity index (χ4v) is 2.66. The summed E-state index contributed by atoms with van der Waals surface area (Å²) in [5, 5.41) is 4.43. The van der Waals surface area contributed by atoms with Crippen LogP contribution in [-0.4, -0.2) is 17.6 Å². The maximum atomic E-state index is 4.43. The summed E-state index contributed by atoms with van der Waals surface area (Å²) < 4.78 is 2.18. The van der Waals surface area contributed by atoms with Gasteiger partial charge in [0.05, 0.1) is 0 Å². The van der Waals surface area contributed by atoms with Crippen LogP contribution >= 0.6 is 0 Å². The standard InChI is InChI=1S/C12H21BN2/c13-12(15-11-7-10-14-15)8-5-3-1-2-4-6-9-12/h7,10-11H,1-6,8-9,13H2. The molecule has 0 bridgehead atoms. The highest BCUT2D eigenvalue weighted by molar-refractivity contribution is 6.13. The number of aromatic nitrogens is 2. The van der Waals surface area contributed by atoms with Gasteiger partial charge in [-0.1, -0.05) is 38.5 Å². The van der Waals surface area contributed by atoms with E-state index in [9.17, 15) is 0 Å². The zero-order chi connectivity index (χ0) is 10.6. The molecule has 15 heavy (non-hydrogen) atoms. The van der Waals surface area contributed by atoms with Gasteiger partial charge in [-0.2, -0.15) is 5.10 Å². The first-order valence-corrected chi connectivity index (χ1v) is 6.31. The van der Waals surface area contributed by atoms with Crippen LogP contribution in [0.4, 0.5) is 0 Å². The highest BCUT2D eigenvalue weighted by Gasteiger charge is 2.26. The molecule has 1 aliphatic rings. The van der Waals surface area contributed by atoms with Gasteiger partial charge in [-0.25, -0.2) is 0 Å². The van der Waals surface area contributed by atoms with E-state index in [0.29, 0.717) is 0 Å². The van der Waals surface area contributed by atoms with Crippen molar-refractivity contribution < 1.29 is 0 Å². The quantitative estimate of drug-likeness (QED) is 0.642. The van der Waals surface area contributed by atoms with Crippen molar-refractivity contribution in [2.45, 2.75) is 56.8 Å². The van der Waals surface area contributed by atoms with E-state index in [0.717, 1.165) is 0 Å². The van der Waals surface area contributed by atoms with Gasteiger partial charge in [0, 0.05) is 17.8 Å². The topological polar surface area (TPSA) is 17.8 Å². The highest BCUT2D eigenvalue weighted by Crippen LogP contribution is 2.28. The fourth-order valence-electron chi connectivity index (χ4n) is 2.66. The predicted molar refractivity (Wildman–Crippen MR) is 65.7 cm³/mol. The minimum absolute atomic E-state index is 0.272. The number of rotatable bonds is 1. The normalized spacial score (nSPS) is 22.7. The maximum absolute atomic E-state index is 4.43. The van der Waals surface area contributed by atoms with Gasteiger partial charge in [0.15, 0.2) is 0 Å². The first-order valence-electron chi connectivity index (χ1n) is 6.31. The van der Waals surface area contributed by atoms with Gasteiger partial charge in [0.1, 0.15) is 7.85 Å². The summed E-state index contributed by atoms with van der Waals surface area (Å²) in [5.41, 5.74) is 0.272. The van der Waals surface area contributed by atoms with Gasteiger partial charge >= 0.3 is 0 Å². The van der Waals surface area contributed by atoms with Crippen LogP contribution in [0.25, 0.3) is 0 Å². The Labute approximate surface area is 93.5 Å². The number of nitrogens with zero attached hydrogens (tertiary/aromatic N) is 2. The largest absolute Gasteiger partial charge is 0.275 e. The van der Waals surface area contributed by atoms with Crippen LogP contribution in [0.2, 0.25) is 0 Å². The summed E-state index contributed by atoms with van der Waals surface area (Å²) in [5.74, 6) is 0. The molecule has 3 heteroatoms. The predicted octanol–water partition coefficient (Wildman–Crippen LogP) is 2.30. The van der Waals surface area contributed by atoms with E-state index in [-0.39, 0.29) is 5.44 Å². The lowest BCUT2D eigenvalue weighted by Gasteiger charge is -2.30. The maximum Gasteiger partial charge on any atom is 0.137 e. The summed E-state index contributed by atoms with van der Waals surface area (Å²) in [6.45, 7) is 0. The lowest BCUT2D eigenvalue weighted by atomic mass is 9.71. The van der Waals surface area contributed by atoms with Crippen molar-refractivity contribution in [2.75, 3.05) is 0 Å². The first kappa shape index (κ1) is 10.8. The minimum Gasteiger partial charge on any atom is -0.275 e. The van der Waals surface area contributed by atoms with Gasteiger partial charge < -0.3 is 0 Å². The summed E-state index contributed by atoms with van der Waals surface area (Å²) in [6.07, 6.45) is 15.0. The van der Waals surface area contributed by atoms with Gasteiger partial charge in [0.25, 0.3) is 0 Å². The van der Waals surface area contributed by atoms with E-state index in [1.54, 1.807) is 0 Å². The molecular weight excluding hydrogens is 183 g/mol. The first-order chi connectivity index (χ1) is 7.31. The van der Waals surface area contributed by atoms with Crippen LogP contribution in [-0.2, 0) is 5.44 Å². The molecule has 1 saturated carbocycles. The zero-order valence-electron chi connectivity index (χ0n) is 9.78. The summed E-state index contributed by atoms with van der Waals surface area (Å²) >= 11 is 0. The molecule has 82 valence electrons. The van der Waals surface area contributed by atoms with Crippen molar-refractivity contribution in [3.63, 3.8) is 0 Å². The summed E-state index contributed by atoms with van der Waals surface area (Å²) in [6, 6.07) is 2.04. The van der Waals surface area contributed by atoms with Crippen molar-refractivity contribution in [3.05, 3.63) is 18.5 Å². The lowest BCUT2D eigenvalue weighted by Crippen LogP contribution is -2.34. The SMILES string of the molecule is BC1(n2cccn2)CCCCCCCC1. The molecule has 0 spiro atoms. The molecule has 1 aromatic rings. The van der Waals surface area contributed by atoms with Crippen molar-refractivity contribution >= 4 is 7.85 Å². The zero-order valence-corrected chi connectivity index (χ0v) is 9.78. The molecule has 0 radical (unpaired) electrons. The third-order valence-electron chi connectivity index (χ3n) is 3.74. The second-order valence-corrected chi connectivity index (χ2v) is 5.07. The Morgan fingerprint density at radius 2 is 1.60 bits per heavy atom. The second-order valence-electron chi connectivity index (χ2n) is 5.07. The van der Waals surface area contributed by atoms with Gasteiger partial charge in [-0.05, 0) is 18.9 Å². The molecule has 2 rings (SSSR count). The molecular formula is C12H21BN2. The lowest BCUT2D eigenvalue weighted by molar-refractivity contribution is 0.324. The van der Waals surface area contributed by atoms with E-state index in [2.05, 4.69) is 23.8 Å². The molecule has 0 atom stereocenters. The Hall–Kier alpha value is -0.725. The van der Waals surface area contributed by atoms with Crippen LogP contribution in [0.5, 0.6) is 0 Å². The molecule has 0 amide bonds. The van der Waals surface area contributed by atoms with Crippen molar-refractivity contribution in [2.24, 2.45) is 0 Å². The molecule has 1 aliphatic carbocycles. The van der Waals surface area contributed by atoms with E-state index in [1.807, 2.05) is 12.3 Å². The van der Waals surface area contributed by atoms with Crippen LogP contribution in [0.15, 0.2) is 18.5 Å². The Kier molecular flexibility index (Phi) is 3.50. The third kappa shape index (κ3) is 2.64. The van der Waals surface area contributed by atoms with Crippen LogP contribution in [0.1, 0.15) is 51.4 Å². The van der Waals surface area contributed by atoms with Gasteiger partial charge in [-0.15, -0.1) is 0 Å². The van der Waals surface area contributed by atoms with E-state index in [4.69, 9.17) is 0 Å². The molecule has 0 unspecified atom stereocenters. The molecule has 0 saturated heterocycles. The van der Waals surface area contributed by atoms with Crippen molar-refractivity contribution in [1.82, 2.24) is 9.78 Å². The molecule has 0 N–H and O–H groups in total. The molecule has 0 aliphatic heterocycles. The average Bonchev–Trinajstić information content (AvgIpc) is 2.75. The number of hydrogen-bond acceptors (Lipinski definition) is 1. The Morgan fingerprint density at radius 1 is 1.00 bits per heavy atom. The van der Waals surface area contributed by atoms with E-state index in [1.165, 1.54) is 51.4 Å². The molecule has 1 fully saturated rings. The van der Waals surface area contributed by atoms with E-state index < -0.39 is 0 Å². The fraction of sp³-hybridized carbons (Fsp3) is 0.750. The third-order valence-corrected chi connectivity index (χ3v) is 3.74. The summed E-state index contributed by atoms with van der Waals surface area (Å²) in [4.78, 5) is 0. The Morgan fingerprint density at radius 3 is 2.13 bits per heavy atom. The molecule has 1 aromatic heterocycles. The Bertz CT molecular complexity index is 272. The molecule has 2 nitrogen and oxygen atoms in total. The van der Waals surface area contributed by atoms with Crippen LogP contribution in [0.3, 0.4) is 0 Å². The van der Waals surface area contributed by atoms with Gasteiger partial charge in [-0.3, -0.25) is 4.68 Å². The highest BCUT2D eigenvalue weighted by atomic mass is 15.3. The van der Waals surface area contributed by atoms with E-state index >= 15 is 0 Å². The average molecular weight is 204 g/mol. The minimum atomic E-state index is 0.272. The van der Waals surface area contributed by atoms with Crippen molar-refractivity contribution in [1.29, 1.82) is 0 Å². The number of hydrogen-bond donors (Lipinski definition) is 0. The molecule has 0 aromatic carbocycles. The monoisotopic (exact) mass is 204 g/mol. The van der Waals surface area contributed by atoms with Crippen LogP contribution in [0, 0.1) is 0 Å². The summed E-state index contributed by atoms with van der Waals surface area (Å²) in [7, 11) is 2.37. The van der Waals surface area contributed by atoms with Crippen molar-refractivity contribution in [3.8, 4) is 0 Å². The Balaban J connectivity index is 2.09. The smallest absolute Gasteiger partial charge is 0.137 e. The van der Waals surface area contributed by atoms with Crippen LogP contribution < -0.4 is 0 Å². The second kappa shape index (κ2) is 4.87. The van der Waals surface area contributed by atoms with Gasteiger partial charge in [0.2, 0.25) is 0 Å².